The molecule has 3 rings (SSSR count). The van der Waals surface area contributed by atoms with Crippen molar-refractivity contribution in [3.8, 4) is 0 Å². The van der Waals surface area contributed by atoms with Gasteiger partial charge in [-0.25, -0.2) is 4.98 Å². The van der Waals surface area contributed by atoms with E-state index in [0.717, 1.165) is 15.3 Å². The van der Waals surface area contributed by atoms with Gasteiger partial charge in [-0.15, -0.1) is 11.3 Å². The average molecular weight is 352 g/mol. The fourth-order valence-corrected chi connectivity index (χ4v) is 3.34. The minimum Gasteiger partial charge on any atom is -0.296 e. The predicted molar refractivity (Wildman–Crippen MR) is 87.8 cm³/mol. The van der Waals surface area contributed by atoms with Gasteiger partial charge in [0.25, 0.3) is 0 Å². The normalized spacial score (nSPS) is 15.7. The maximum absolute atomic E-state index is 13.4. The summed E-state index contributed by atoms with van der Waals surface area (Å²) in [5.74, 6) is -2.64. The Morgan fingerprint density at radius 1 is 1.38 bits per heavy atom. The third-order valence-electron chi connectivity index (χ3n) is 3.88. The Labute approximate surface area is 141 Å². The third kappa shape index (κ3) is 3.51. The van der Waals surface area contributed by atoms with Crippen molar-refractivity contribution in [2.45, 2.75) is 19.0 Å². The first kappa shape index (κ1) is 16.7. The second-order valence-electron chi connectivity index (χ2n) is 5.47. The van der Waals surface area contributed by atoms with Crippen LogP contribution in [0.2, 0.25) is 0 Å². The number of fused-ring (bicyclic) bond motifs is 1. The molecule has 0 radical (unpaired) electrons. The molecule has 3 heterocycles. The van der Waals surface area contributed by atoms with Crippen LogP contribution in [-0.2, 0) is 11.2 Å². The molecule has 1 aliphatic heterocycles. The zero-order chi connectivity index (χ0) is 17.2. The molecule has 0 saturated heterocycles. The molecule has 0 fully saturated rings. The lowest BCUT2D eigenvalue weighted by Crippen LogP contribution is -2.42. The number of aromatic nitrogens is 1. The van der Waals surface area contributed by atoms with Crippen molar-refractivity contribution in [2.75, 3.05) is 11.4 Å². The number of hydrogen-bond acceptors (Lipinski definition) is 3. The van der Waals surface area contributed by atoms with E-state index in [0.29, 0.717) is 12.2 Å². The quantitative estimate of drug-likeness (QED) is 0.821. The van der Waals surface area contributed by atoms with E-state index in [-0.39, 0.29) is 13.0 Å². The molecule has 2 aromatic rings. The van der Waals surface area contributed by atoms with Crippen molar-refractivity contribution in [1.29, 1.82) is 0 Å². The van der Waals surface area contributed by atoms with Gasteiger partial charge in [0.1, 0.15) is 11.7 Å². The number of amides is 1. The molecule has 3 nitrogen and oxygen atoms in total. The average Bonchev–Trinajstić information content (AvgIpc) is 3.19. The highest BCUT2D eigenvalue weighted by molar-refractivity contribution is 7.10. The van der Waals surface area contributed by atoms with Gasteiger partial charge in [-0.2, -0.15) is 13.2 Å². The summed E-state index contributed by atoms with van der Waals surface area (Å²) in [5, 5.41) is 1.85. The lowest BCUT2D eigenvalue weighted by Gasteiger charge is -2.24. The van der Waals surface area contributed by atoms with Crippen LogP contribution in [0.4, 0.5) is 19.0 Å². The van der Waals surface area contributed by atoms with E-state index < -0.39 is 18.0 Å². The number of thiophene rings is 1. The molecule has 0 spiro atoms. The minimum atomic E-state index is -4.59. The first-order valence-corrected chi connectivity index (χ1v) is 8.37. The first-order chi connectivity index (χ1) is 11.5. The first-order valence-electron chi connectivity index (χ1n) is 7.49. The molecular formula is C17H15F3N2OS. The van der Waals surface area contributed by atoms with E-state index in [4.69, 9.17) is 0 Å². The van der Waals surface area contributed by atoms with Gasteiger partial charge < -0.3 is 0 Å². The number of carbonyl (C=O) groups is 1. The van der Waals surface area contributed by atoms with Gasteiger partial charge in [0.05, 0.1) is 0 Å². The summed E-state index contributed by atoms with van der Waals surface area (Å²) >= 11 is 1.43. The van der Waals surface area contributed by atoms with Crippen LogP contribution in [0.1, 0.15) is 16.9 Å². The summed E-state index contributed by atoms with van der Waals surface area (Å²) in [7, 11) is 0. The van der Waals surface area contributed by atoms with Gasteiger partial charge >= 0.3 is 6.18 Å². The molecule has 0 bridgehead atoms. The number of rotatable bonds is 4. The molecule has 0 saturated carbocycles. The highest BCUT2D eigenvalue weighted by Gasteiger charge is 2.47. The molecule has 126 valence electrons. The van der Waals surface area contributed by atoms with Crippen molar-refractivity contribution in [3.05, 3.63) is 52.4 Å². The summed E-state index contributed by atoms with van der Waals surface area (Å²) in [6.07, 6.45) is 0.0890. The Morgan fingerprint density at radius 3 is 2.92 bits per heavy atom. The van der Waals surface area contributed by atoms with Crippen molar-refractivity contribution < 1.29 is 18.0 Å². The molecule has 1 amide bonds. The van der Waals surface area contributed by atoms with Crippen LogP contribution in [-0.4, -0.2) is 23.6 Å². The summed E-state index contributed by atoms with van der Waals surface area (Å²) in [6.45, 7) is 0.242. The van der Waals surface area contributed by atoms with Gasteiger partial charge in [-0.1, -0.05) is 18.2 Å². The predicted octanol–water partition coefficient (Wildman–Crippen LogP) is 4.31. The Hall–Kier alpha value is -2.15. The van der Waals surface area contributed by atoms with E-state index >= 15 is 0 Å². The fourth-order valence-electron chi connectivity index (χ4n) is 2.69. The molecule has 1 aliphatic rings. The Balaban J connectivity index is 1.78. The summed E-state index contributed by atoms with van der Waals surface area (Å²) in [6, 6.07) is 7.14. The van der Waals surface area contributed by atoms with Gasteiger partial charge in [-0.05, 0) is 42.0 Å². The zero-order valence-corrected chi connectivity index (χ0v) is 13.5. The zero-order valence-electron chi connectivity index (χ0n) is 12.7. The molecule has 1 atom stereocenters. The van der Waals surface area contributed by atoms with Crippen molar-refractivity contribution in [3.63, 3.8) is 0 Å². The summed E-state index contributed by atoms with van der Waals surface area (Å²) < 4.78 is 40.1. The number of pyridine rings is 1. The lowest BCUT2D eigenvalue weighted by molar-refractivity contribution is -0.180. The number of halogens is 3. The SMILES string of the molecule is O=C([C@@H](C/C=C/c1cccs1)C(F)(F)F)N1CCc2cccnc21. The van der Waals surface area contributed by atoms with E-state index in [2.05, 4.69) is 4.98 Å². The second kappa shape index (κ2) is 6.76. The number of nitrogens with zero attached hydrogens (tertiary/aromatic N) is 2. The maximum Gasteiger partial charge on any atom is 0.400 e. The lowest BCUT2D eigenvalue weighted by atomic mass is 10.0. The maximum atomic E-state index is 13.4. The molecule has 0 N–H and O–H groups in total. The number of carbonyl (C=O) groups excluding carboxylic acids is 1. The molecule has 24 heavy (non-hydrogen) atoms. The smallest absolute Gasteiger partial charge is 0.296 e. The number of alkyl halides is 3. The van der Waals surface area contributed by atoms with E-state index in [9.17, 15) is 18.0 Å². The number of hydrogen-bond donors (Lipinski definition) is 0. The Bertz CT molecular complexity index is 741. The Kier molecular flexibility index (Phi) is 4.71. The van der Waals surface area contributed by atoms with Gasteiger partial charge in [0.15, 0.2) is 0 Å². The van der Waals surface area contributed by atoms with Crippen LogP contribution in [0.3, 0.4) is 0 Å². The Morgan fingerprint density at radius 2 is 2.21 bits per heavy atom. The third-order valence-corrected chi connectivity index (χ3v) is 4.72. The highest BCUT2D eigenvalue weighted by atomic mass is 32.1. The van der Waals surface area contributed by atoms with Crippen LogP contribution >= 0.6 is 11.3 Å². The summed E-state index contributed by atoms with van der Waals surface area (Å²) in [4.78, 5) is 18.6. The second-order valence-corrected chi connectivity index (χ2v) is 6.45. The molecule has 7 heteroatoms. The molecule has 2 aromatic heterocycles. The van der Waals surface area contributed by atoms with Crippen LogP contribution in [0, 0.1) is 5.92 Å². The van der Waals surface area contributed by atoms with Crippen LogP contribution < -0.4 is 4.90 Å². The number of allylic oxidation sites excluding steroid dienone is 1. The molecule has 0 unspecified atom stereocenters. The van der Waals surface area contributed by atoms with Crippen LogP contribution in [0.15, 0.2) is 41.9 Å². The van der Waals surface area contributed by atoms with Gasteiger partial charge in [0.2, 0.25) is 5.91 Å². The van der Waals surface area contributed by atoms with Crippen LogP contribution in [0.5, 0.6) is 0 Å². The molecule has 0 aliphatic carbocycles. The van der Waals surface area contributed by atoms with Crippen molar-refractivity contribution >= 4 is 29.1 Å². The van der Waals surface area contributed by atoms with E-state index in [1.54, 1.807) is 18.2 Å². The van der Waals surface area contributed by atoms with Gasteiger partial charge in [0, 0.05) is 17.6 Å². The fraction of sp³-hybridized carbons (Fsp3) is 0.294. The van der Waals surface area contributed by atoms with Gasteiger partial charge in [-0.3, -0.25) is 9.69 Å². The van der Waals surface area contributed by atoms with Crippen molar-refractivity contribution in [1.82, 2.24) is 4.98 Å². The largest absolute Gasteiger partial charge is 0.400 e. The van der Waals surface area contributed by atoms with E-state index in [1.807, 2.05) is 17.5 Å². The topological polar surface area (TPSA) is 33.2 Å². The minimum absolute atomic E-state index is 0.242. The molecule has 0 aromatic carbocycles. The molecular weight excluding hydrogens is 337 g/mol. The van der Waals surface area contributed by atoms with E-state index in [1.165, 1.54) is 23.6 Å². The van der Waals surface area contributed by atoms with Crippen LogP contribution in [0.25, 0.3) is 6.08 Å². The van der Waals surface area contributed by atoms with Crippen molar-refractivity contribution in [2.24, 2.45) is 5.92 Å². The highest BCUT2D eigenvalue weighted by Crippen LogP contribution is 2.34. The monoisotopic (exact) mass is 352 g/mol. The number of anilines is 1. The standard InChI is InChI=1S/C17H15F3N2OS/c18-17(19,20)14(7-1-5-13-6-3-11-24-13)16(23)22-10-8-12-4-2-9-21-15(12)22/h1-6,9,11,14H,7-8,10H2/b5-1+/t14-/m1/s1. The summed E-state index contributed by atoms with van der Waals surface area (Å²) in [5.41, 5.74) is 0.806.